The van der Waals surface area contributed by atoms with Gasteiger partial charge in [0.05, 0.1) is 16.9 Å². The summed E-state index contributed by atoms with van der Waals surface area (Å²) in [5.41, 5.74) is 4.54. The Bertz CT molecular complexity index is 1120. The molecule has 0 saturated carbocycles. The van der Waals surface area contributed by atoms with Gasteiger partial charge in [-0.2, -0.15) is 5.10 Å². The van der Waals surface area contributed by atoms with Crippen LogP contribution in [0.5, 0.6) is 0 Å². The van der Waals surface area contributed by atoms with Gasteiger partial charge in [-0.1, -0.05) is 0 Å². The first-order chi connectivity index (χ1) is 13.2. The zero-order valence-corrected chi connectivity index (χ0v) is 15.0. The maximum atomic E-state index is 14.3. The summed E-state index contributed by atoms with van der Waals surface area (Å²) in [5.74, 6) is 0.732. The molecule has 0 radical (unpaired) electrons. The average molecular weight is 365 g/mol. The van der Waals surface area contributed by atoms with Crippen LogP contribution in [0.3, 0.4) is 0 Å². The quantitative estimate of drug-likeness (QED) is 0.519. The van der Waals surface area contributed by atoms with Crippen LogP contribution in [0.15, 0.2) is 30.7 Å². The summed E-state index contributed by atoms with van der Waals surface area (Å²) in [6, 6.07) is 3.55. The van der Waals surface area contributed by atoms with E-state index in [1.54, 1.807) is 16.8 Å². The van der Waals surface area contributed by atoms with E-state index in [4.69, 9.17) is 0 Å². The fourth-order valence-electron chi connectivity index (χ4n) is 3.77. The highest BCUT2D eigenvalue weighted by atomic mass is 19.1. The number of nitrogens with zero attached hydrogens (tertiary/aromatic N) is 4. The summed E-state index contributed by atoms with van der Waals surface area (Å²) in [6.07, 6.45) is 7.76. The molecule has 3 N–H and O–H groups in total. The first-order valence-electron chi connectivity index (χ1n) is 9.14. The smallest absolute Gasteiger partial charge is 0.178 e. The first-order valence-corrected chi connectivity index (χ1v) is 9.14. The highest BCUT2D eigenvalue weighted by Crippen LogP contribution is 2.29. The molecule has 1 saturated heterocycles. The number of imidazole rings is 1. The molecule has 1 fully saturated rings. The summed E-state index contributed by atoms with van der Waals surface area (Å²) in [7, 11) is 0. The van der Waals surface area contributed by atoms with Crippen LogP contribution >= 0.6 is 0 Å². The van der Waals surface area contributed by atoms with Crippen LogP contribution in [-0.4, -0.2) is 37.7 Å². The number of hydrogen-bond donors (Lipinski definition) is 3. The monoisotopic (exact) mass is 365 g/mol. The number of halogens is 1. The second-order valence-corrected chi connectivity index (χ2v) is 7.08. The molecule has 0 aromatic carbocycles. The molecule has 0 unspecified atom stereocenters. The van der Waals surface area contributed by atoms with Crippen LogP contribution in [0.25, 0.3) is 16.7 Å². The van der Waals surface area contributed by atoms with Gasteiger partial charge in [0.25, 0.3) is 0 Å². The number of fused-ring (bicyclic) bond motifs is 2. The number of anilines is 2. The lowest BCUT2D eigenvalue weighted by molar-refractivity contribution is 0.460. The first kappa shape index (κ1) is 16.2. The Kier molecular flexibility index (Phi) is 3.78. The lowest BCUT2D eigenvalue weighted by Crippen LogP contribution is -2.26. The van der Waals surface area contributed by atoms with E-state index in [9.17, 15) is 4.39 Å². The van der Waals surface area contributed by atoms with Gasteiger partial charge in [0, 0.05) is 24.7 Å². The van der Waals surface area contributed by atoms with Gasteiger partial charge in [-0.05, 0) is 50.4 Å². The molecule has 0 bridgehead atoms. The van der Waals surface area contributed by atoms with E-state index in [1.165, 1.54) is 11.6 Å². The van der Waals surface area contributed by atoms with Gasteiger partial charge in [0.15, 0.2) is 17.3 Å². The van der Waals surface area contributed by atoms with Gasteiger partial charge >= 0.3 is 0 Å². The van der Waals surface area contributed by atoms with Crippen molar-refractivity contribution in [2.75, 3.05) is 18.4 Å². The summed E-state index contributed by atoms with van der Waals surface area (Å²) in [6.45, 7) is 3.92. The standard InChI is InChI=1S/C19H20FN7/c1-11-9-27-10-14(7-15(20)19(27)23-11)24-18-17-16(25-26-18)6-13(8-22-17)12-2-4-21-5-3-12/h6-10,12,21H,2-5H2,1H3,(H2,24,25,26). The molecule has 4 aromatic rings. The zero-order valence-electron chi connectivity index (χ0n) is 15.0. The van der Waals surface area contributed by atoms with Gasteiger partial charge in [0.2, 0.25) is 0 Å². The number of nitrogens with one attached hydrogen (secondary N) is 3. The molecule has 1 aliphatic heterocycles. The molecule has 0 atom stereocenters. The van der Waals surface area contributed by atoms with Gasteiger partial charge in [-0.25, -0.2) is 9.37 Å². The zero-order chi connectivity index (χ0) is 18.4. The van der Waals surface area contributed by atoms with E-state index >= 15 is 0 Å². The molecule has 5 heterocycles. The number of aromatic nitrogens is 5. The maximum Gasteiger partial charge on any atom is 0.178 e. The Morgan fingerprint density at radius 2 is 2.07 bits per heavy atom. The molecule has 0 amide bonds. The summed E-state index contributed by atoms with van der Waals surface area (Å²) >= 11 is 0. The average Bonchev–Trinajstić information content (AvgIpc) is 3.25. The van der Waals surface area contributed by atoms with Gasteiger partial charge < -0.3 is 15.0 Å². The Morgan fingerprint density at radius 3 is 2.93 bits per heavy atom. The molecular weight excluding hydrogens is 345 g/mol. The lowest BCUT2D eigenvalue weighted by Gasteiger charge is -2.22. The van der Waals surface area contributed by atoms with Crippen LogP contribution in [0.1, 0.15) is 30.0 Å². The second-order valence-electron chi connectivity index (χ2n) is 7.08. The van der Waals surface area contributed by atoms with Gasteiger partial charge in [-0.3, -0.25) is 10.1 Å². The van der Waals surface area contributed by atoms with Crippen molar-refractivity contribution in [3.63, 3.8) is 0 Å². The molecule has 7 nitrogen and oxygen atoms in total. The number of H-pyrrole nitrogens is 1. The van der Waals surface area contributed by atoms with Crippen molar-refractivity contribution < 1.29 is 4.39 Å². The predicted molar refractivity (Wildman–Crippen MR) is 102 cm³/mol. The summed E-state index contributed by atoms with van der Waals surface area (Å²) in [5, 5.41) is 13.9. The Labute approximate surface area is 155 Å². The Balaban J connectivity index is 1.46. The van der Waals surface area contributed by atoms with Crippen molar-refractivity contribution in [1.82, 2.24) is 29.9 Å². The Morgan fingerprint density at radius 1 is 1.22 bits per heavy atom. The number of pyridine rings is 2. The second kappa shape index (κ2) is 6.31. The van der Waals surface area contributed by atoms with Crippen molar-refractivity contribution in [1.29, 1.82) is 0 Å². The van der Waals surface area contributed by atoms with Crippen LogP contribution in [0.2, 0.25) is 0 Å². The molecular formula is C19H20FN7. The van der Waals surface area contributed by atoms with Crippen LogP contribution in [0, 0.1) is 12.7 Å². The summed E-state index contributed by atoms with van der Waals surface area (Å²) in [4.78, 5) is 8.79. The Hall–Kier alpha value is -3.00. The summed E-state index contributed by atoms with van der Waals surface area (Å²) < 4.78 is 16.0. The van der Waals surface area contributed by atoms with Crippen molar-refractivity contribution in [3.05, 3.63) is 47.8 Å². The van der Waals surface area contributed by atoms with Crippen molar-refractivity contribution in [2.24, 2.45) is 0 Å². The predicted octanol–water partition coefficient (Wildman–Crippen LogP) is 3.26. The lowest BCUT2D eigenvalue weighted by atomic mass is 9.91. The molecule has 8 heteroatoms. The normalized spacial score (nSPS) is 15.6. The fourth-order valence-corrected chi connectivity index (χ4v) is 3.77. The van der Waals surface area contributed by atoms with E-state index in [2.05, 4.69) is 36.9 Å². The van der Waals surface area contributed by atoms with E-state index in [1.807, 2.05) is 13.1 Å². The van der Waals surface area contributed by atoms with Crippen molar-refractivity contribution >= 4 is 28.2 Å². The third kappa shape index (κ3) is 2.91. The highest BCUT2D eigenvalue weighted by molar-refractivity contribution is 5.88. The molecule has 5 rings (SSSR count). The van der Waals surface area contributed by atoms with E-state index < -0.39 is 0 Å². The minimum Gasteiger partial charge on any atom is -0.336 e. The van der Waals surface area contributed by atoms with Gasteiger partial charge in [-0.15, -0.1) is 0 Å². The minimum absolute atomic E-state index is 0.315. The molecule has 0 spiro atoms. The number of aryl methyl sites for hydroxylation is 1. The number of hydrogen-bond acceptors (Lipinski definition) is 5. The highest BCUT2D eigenvalue weighted by Gasteiger charge is 2.17. The molecule has 4 aromatic heterocycles. The molecule has 138 valence electrons. The van der Waals surface area contributed by atoms with Gasteiger partial charge in [0.1, 0.15) is 5.52 Å². The number of aromatic amines is 1. The van der Waals surface area contributed by atoms with Crippen LogP contribution in [0.4, 0.5) is 15.9 Å². The molecule has 27 heavy (non-hydrogen) atoms. The number of rotatable bonds is 3. The SMILES string of the molecule is Cc1cn2cc(Nc3n[nH]c4cc(C5CCNCC5)cnc34)cc(F)c2n1. The third-order valence-electron chi connectivity index (χ3n) is 5.12. The molecule has 0 aliphatic carbocycles. The largest absolute Gasteiger partial charge is 0.336 e. The van der Waals surface area contributed by atoms with E-state index in [-0.39, 0.29) is 5.82 Å². The van der Waals surface area contributed by atoms with Crippen molar-refractivity contribution in [3.8, 4) is 0 Å². The van der Waals surface area contributed by atoms with Crippen LogP contribution < -0.4 is 10.6 Å². The number of piperidine rings is 1. The topological polar surface area (TPSA) is 82.9 Å². The van der Waals surface area contributed by atoms with E-state index in [0.29, 0.717) is 23.1 Å². The maximum absolute atomic E-state index is 14.3. The third-order valence-corrected chi connectivity index (χ3v) is 5.12. The minimum atomic E-state index is -0.380. The van der Waals surface area contributed by atoms with Crippen LogP contribution in [-0.2, 0) is 0 Å². The van der Waals surface area contributed by atoms with Crippen molar-refractivity contribution in [2.45, 2.75) is 25.7 Å². The van der Waals surface area contributed by atoms with E-state index in [0.717, 1.165) is 42.7 Å². The fraction of sp³-hybridized carbons (Fsp3) is 0.316. The molecule has 1 aliphatic rings.